The molecule has 2 aromatic rings. The zero-order valence-corrected chi connectivity index (χ0v) is 13.9. The number of rotatable bonds is 3. The molecule has 2 N–H and O–H groups in total. The largest absolute Gasteiger partial charge is 0.496 e. The Morgan fingerprint density at radius 2 is 2.00 bits per heavy atom. The third-order valence-corrected chi connectivity index (χ3v) is 3.58. The second-order valence-electron chi connectivity index (χ2n) is 4.24. The Kier molecular flexibility index (Phi) is 5.46. The van der Waals surface area contributed by atoms with E-state index in [0.29, 0.717) is 11.4 Å². The van der Waals surface area contributed by atoms with Crippen molar-refractivity contribution in [2.75, 3.05) is 12.4 Å². The van der Waals surface area contributed by atoms with Gasteiger partial charge in [-0.25, -0.2) is 4.39 Å². The first kappa shape index (κ1) is 16.4. The monoisotopic (exact) mass is 382 g/mol. The van der Waals surface area contributed by atoms with Gasteiger partial charge in [0.2, 0.25) is 0 Å². The van der Waals surface area contributed by atoms with E-state index in [0.717, 1.165) is 4.47 Å². The summed E-state index contributed by atoms with van der Waals surface area (Å²) < 4.78 is 19.4. The maximum absolute atomic E-state index is 13.5. The highest BCUT2D eigenvalue weighted by molar-refractivity contribution is 9.10. The number of nitrogens with one attached hydrogen (secondary N) is 2. The van der Waals surface area contributed by atoms with Crippen molar-refractivity contribution in [2.24, 2.45) is 0 Å². The number of halogens is 2. The zero-order valence-electron chi connectivity index (χ0n) is 11.5. The number of hydrogen-bond donors (Lipinski definition) is 2. The number of methoxy groups -OCH3 is 1. The van der Waals surface area contributed by atoms with E-state index in [1.165, 1.54) is 18.2 Å². The molecule has 4 nitrogen and oxygen atoms in total. The molecule has 0 radical (unpaired) electrons. The average molecular weight is 383 g/mol. The van der Waals surface area contributed by atoms with Gasteiger partial charge >= 0.3 is 0 Å². The van der Waals surface area contributed by atoms with Gasteiger partial charge in [0.15, 0.2) is 5.11 Å². The highest BCUT2D eigenvalue weighted by atomic mass is 79.9. The fourth-order valence-corrected chi connectivity index (χ4v) is 2.47. The van der Waals surface area contributed by atoms with Crippen molar-refractivity contribution in [2.45, 2.75) is 0 Å². The molecule has 0 aliphatic rings. The summed E-state index contributed by atoms with van der Waals surface area (Å²) in [4.78, 5) is 11.9. The predicted octanol–water partition coefficient (Wildman–Crippen LogP) is 3.72. The molecule has 2 rings (SSSR count). The number of amides is 1. The van der Waals surface area contributed by atoms with Crippen LogP contribution in [0.5, 0.6) is 5.75 Å². The lowest BCUT2D eigenvalue weighted by molar-refractivity contribution is 0.0974. The smallest absolute Gasteiger partial charge is 0.260 e. The van der Waals surface area contributed by atoms with Gasteiger partial charge in [-0.2, -0.15) is 0 Å². The first-order chi connectivity index (χ1) is 10.5. The van der Waals surface area contributed by atoms with Crippen LogP contribution in [0.3, 0.4) is 0 Å². The Hall–Kier alpha value is -1.99. The van der Waals surface area contributed by atoms with Gasteiger partial charge in [0.05, 0.1) is 17.1 Å². The van der Waals surface area contributed by atoms with Crippen LogP contribution in [0.25, 0.3) is 0 Å². The minimum Gasteiger partial charge on any atom is -0.496 e. The van der Waals surface area contributed by atoms with Crippen LogP contribution in [0.1, 0.15) is 10.4 Å². The number of hydrogen-bond acceptors (Lipinski definition) is 3. The predicted molar refractivity (Wildman–Crippen MR) is 90.8 cm³/mol. The Labute approximate surface area is 140 Å². The molecule has 0 aliphatic carbocycles. The normalized spacial score (nSPS) is 9.95. The molecule has 0 unspecified atom stereocenters. The van der Waals surface area contributed by atoms with Gasteiger partial charge in [0, 0.05) is 5.69 Å². The number of thiocarbonyl (C=S) groups is 1. The Morgan fingerprint density at radius 3 is 2.64 bits per heavy atom. The van der Waals surface area contributed by atoms with Gasteiger partial charge in [-0.3, -0.25) is 10.1 Å². The number of benzene rings is 2. The molecule has 0 spiro atoms. The molecule has 0 aliphatic heterocycles. The molecule has 0 aromatic heterocycles. The molecular weight excluding hydrogens is 371 g/mol. The highest BCUT2D eigenvalue weighted by Crippen LogP contribution is 2.27. The van der Waals surface area contributed by atoms with Crippen LogP contribution < -0.4 is 15.4 Å². The lowest BCUT2D eigenvalue weighted by Crippen LogP contribution is -2.34. The van der Waals surface area contributed by atoms with Gasteiger partial charge in [0.1, 0.15) is 11.6 Å². The summed E-state index contributed by atoms with van der Waals surface area (Å²) >= 11 is 8.40. The summed E-state index contributed by atoms with van der Waals surface area (Å²) in [7, 11) is 1.56. The van der Waals surface area contributed by atoms with Crippen LogP contribution in [-0.4, -0.2) is 18.1 Å². The Balaban J connectivity index is 2.03. The van der Waals surface area contributed by atoms with Crippen LogP contribution >= 0.6 is 28.1 Å². The summed E-state index contributed by atoms with van der Waals surface area (Å²) in [6.45, 7) is 0. The minimum absolute atomic E-state index is 0.0671. The Morgan fingerprint density at radius 1 is 1.27 bits per heavy atom. The van der Waals surface area contributed by atoms with E-state index >= 15 is 0 Å². The van der Waals surface area contributed by atoms with Crippen molar-refractivity contribution in [3.63, 3.8) is 0 Å². The van der Waals surface area contributed by atoms with E-state index in [-0.39, 0.29) is 10.7 Å². The molecule has 0 fully saturated rings. The second kappa shape index (κ2) is 7.33. The molecule has 22 heavy (non-hydrogen) atoms. The van der Waals surface area contributed by atoms with Gasteiger partial charge in [0.25, 0.3) is 5.91 Å². The molecule has 0 saturated heterocycles. The van der Waals surface area contributed by atoms with Crippen LogP contribution in [0, 0.1) is 5.82 Å². The first-order valence-electron chi connectivity index (χ1n) is 6.21. The molecule has 0 bridgehead atoms. The SMILES string of the molecule is COc1ccc(NC(=S)NC(=O)c2ccccc2F)cc1Br. The fourth-order valence-electron chi connectivity index (χ4n) is 1.72. The number of ether oxygens (including phenoxy) is 1. The van der Waals surface area contributed by atoms with E-state index in [1.807, 2.05) is 0 Å². The van der Waals surface area contributed by atoms with Crippen LogP contribution in [-0.2, 0) is 0 Å². The van der Waals surface area contributed by atoms with E-state index in [9.17, 15) is 9.18 Å². The van der Waals surface area contributed by atoms with Gasteiger partial charge in [-0.1, -0.05) is 12.1 Å². The van der Waals surface area contributed by atoms with E-state index < -0.39 is 11.7 Å². The quantitative estimate of drug-likeness (QED) is 0.794. The van der Waals surface area contributed by atoms with E-state index in [1.54, 1.807) is 31.4 Å². The summed E-state index contributed by atoms with van der Waals surface area (Å²) in [5.41, 5.74) is 0.592. The maximum Gasteiger partial charge on any atom is 0.260 e. The topological polar surface area (TPSA) is 50.4 Å². The summed E-state index contributed by atoms with van der Waals surface area (Å²) in [5.74, 6) is -0.537. The fraction of sp³-hybridized carbons (Fsp3) is 0.0667. The van der Waals surface area contributed by atoms with E-state index in [4.69, 9.17) is 17.0 Å². The van der Waals surface area contributed by atoms with Crippen molar-refractivity contribution in [3.8, 4) is 5.75 Å². The molecule has 2 aromatic carbocycles. The number of carbonyl (C=O) groups is 1. The minimum atomic E-state index is -0.608. The summed E-state index contributed by atoms with van der Waals surface area (Å²) in [6.07, 6.45) is 0. The maximum atomic E-state index is 13.5. The van der Waals surface area contributed by atoms with Crippen molar-refractivity contribution in [1.29, 1.82) is 0 Å². The van der Waals surface area contributed by atoms with Crippen LogP contribution in [0.15, 0.2) is 46.9 Å². The molecule has 114 valence electrons. The highest BCUT2D eigenvalue weighted by Gasteiger charge is 2.12. The molecule has 1 amide bonds. The number of carbonyl (C=O) groups excluding carboxylic acids is 1. The van der Waals surface area contributed by atoms with Crippen LogP contribution in [0.4, 0.5) is 10.1 Å². The molecule has 0 atom stereocenters. The van der Waals surface area contributed by atoms with Crippen LogP contribution in [0.2, 0.25) is 0 Å². The molecule has 7 heteroatoms. The average Bonchev–Trinajstić information content (AvgIpc) is 2.47. The standard InChI is InChI=1S/C15H12BrFN2O2S/c1-21-13-7-6-9(8-11(13)16)18-15(22)19-14(20)10-4-2-3-5-12(10)17/h2-8H,1H3,(H2,18,19,20,22). The van der Waals surface area contributed by atoms with Gasteiger partial charge in [-0.15, -0.1) is 0 Å². The molecular formula is C15H12BrFN2O2S. The molecule has 0 saturated carbocycles. The van der Waals surface area contributed by atoms with Crippen molar-refractivity contribution >= 4 is 44.9 Å². The van der Waals surface area contributed by atoms with Crippen molar-refractivity contribution in [3.05, 3.63) is 58.3 Å². The third-order valence-electron chi connectivity index (χ3n) is 2.76. The summed E-state index contributed by atoms with van der Waals surface area (Å²) in [5, 5.41) is 5.35. The zero-order chi connectivity index (χ0) is 16.1. The Bertz CT molecular complexity index is 724. The lowest BCUT2D eigenvalue weighted by Gasteiger charge is -2.11. The molecule has 0 heterocycles. The van der Waals surface area contributed by atoms with Gasteiger partial charge < -0.3 is 10.1 Å². The van der Waals surface area contributed by atoms with Crippen molar-refractivity contribution in [1.82, 2.24) is 5.32 Å². The van der Waals surface area contributed by atoms with Gasteiger partial charge in [-0.05, 0) is 58.5 Å². The summed E-state index contributed by atoms with van der Waals surface area (Å²) in [6, 6.07) is 10.9. The first-order valence-corrected chi connectivity index (χ1v) is 7.42. The second-order valence-corrected chi connectivity index (χ2v) is 5.50. The van der Waals surface area contributed by atoms with E-state index in [2.05, 4.69) is 26.6 Å². The lowest BCUT2D eigenvalue weighted by atomic mass is 10.2. The number of anilines is 1. The van der Waals surface area contributed by atoms with Crippen molar-refractivity contribution < 1.29 is 13.9 Å². The third kappa shape index (κ3) is 4.02.